The first-order chi connectivity index (χ1) is 14.9. The highest BCUT2D eigenvalue weighted by Gasteiger charge is 2.45. The van der Waals surface area contributed by atoms with Crippen molar-refractivity contribution in [2.24, 2.45) is 0 Å². The molecule has 0 bridgehead atoms. The average Bonchev–Trinajstić information content (AvgIpc) is 2.78. The number of alkyl halides is 3. The van der Waals surface area contributed by atoms with Crippen LogP contribution < -0.4 is 0 Å². The summed E-state index contributed by atoms with van der Waals surface area (Å²) in [5.41, 5.74) is 2.56. The normalized spacial score (nSPS) is 15.8. The lowest BCUT2D eigenvalue weighted by Crippen LogP contribution is -2.50. The van der Waals surface area contributed by atoms with Crippen LogP contribution in [0.5, 0.6) is 0 Å². The summed E-state index contributed by atoms with van der Waals surface area (Å²) in [4.78, 5) is 19.9. The molecule has 7 heteroatoms. The molecule has 4 nitrogen and oxygen atoms in total. The topological polar surface area (TPSA) is 36.4 Å². The Balaban J connectivity index is 1.51. The van der Waals surface area contributed by atoms with Gasteiger partial charge in [-0.25, -0.2) is 0 Å². The molecule has 2 aromatic carbocycles. The van der Waals surface area contributed by atoms with Gasteiger partial charge in [-0.1, -0.05) is 48.5 Å². The lowest BCUT2D eigenvalue weighted by Gasteiger charge is -2.39. The Morgan fingerprint density at radius 2 is 1.68 bits per heavy atom. The van der Waals surface area contributed by atoms with E-state index in [0.29, 0.717) is 37.0 Å². The van der Waals surface area contributed by atoms with E-state index in [1.807, 2.05) is 54.6 Å². The Morgan fingerprint density at radius 1 is 1.00 bits per heavy atom. The quantitative estimate of drug-likeness (QED) is 0.588. The number of piperidine rings is 1. The Hall–Kier alpha value is -2.93. The first kappa shape index (κ1) is 21.3. The van der Waals surface area contributed by atoms with Gasteiger partial charge in [0.05, 0.1) is 5.52 Å². The molecule has 1 fully saturated rings. The van der Waals surface area contributed by atoms with Gasteiger partial charge in [0.2, 0.25) is 0 Å². The molecule has 1 aliphatic rings. The molecule has 0 aliphatic carbocycles. The van der Waals surface area contributed by atoms with Gasteiger partial charge in [0.25, 0.3) is 0 Å². The number of hydrogen-bond donors (Lipinski definition) is 0. The minimum absolute atomic E-state index is 0.0786. The fraction of sp³-hybridized carbons (Fsp3) is 0.333. The molecule has 0 spiro atoms. The molecule has 0 N–H and O–H groups in total. The largest absolute Gasteiger partial charge is 0.471 e. The van der Waals surface area contributed by atoms with E-state index in [1.165, 1.54) is 5.56 Å². The molecule has 162 valence electrons. The zero-order valence-corrected chi connectivity index (χ0v) is 17.1. The third-order valence-corrected chi connectivity index (χ3v) is 5.83. The highest BCUT2D eigenvalue weighted by Crippen LogP contribution is 2.28. The molecule has 2 heterocycles. The summed E-state index contributed by atoms with van der Waals surface area (Å²) in [6.45, 7) is 1.98. The Morgan fingerprint density at radius 3 is 2.39 bits per heavy atom. The van der Waals surface area contributed by atoms with E-state index in [1.54, 1.807) is 12.3 Å². The number of likely N-dealkylation sites (tertiary alicyclic amines) is 1. The first-order valence-electron chi connectivity index (χ1n) is 10.4. The molecule has 1 saturated heterocycles. The number of aromatic nitrogens is 1. The molecule has 0 radical (unpaired) electrons. The second-order valence-corrected chi connectivity index (χ2v) is 7.91. The van der Waals surface area contributed by atoms with E-state index >= 15 is 0 Å². The number of carbonyl (C=O) groups is 1. The van der Waals surface area contributed by atoms with Crippen molar-refractivity contribution in [2.45, 2.75) is 38.1 Å². The van der Waals surface area contributed by atoms with Crippen LogP contribution in [0.3, 0.4) is 0 Å². The highest BCUT2D eigenvalue weighted by atomic mass is 19.4. The van der Waals surface area contributed by atoms with Gasteiger partial charge >= 0.3 is 12.1 Å². The van der Waals surface area contributed by atoms with Crippen LogP contribution >= 0.6 is 0 Å². The van der Waals surface area contributed by atoms with Gasteiger partial charge in [0.15, 0.2) is 0 Å². The lowest BCUT2D eigenvalue weighted by atomic mass is 10.0. The van der Waals surface area contributed by atoms with Crippen molar-refractivity contribution in [1.82, 2.24) is 14.8 Å². The molecular formula is C24H24F3N3O. The van der Waals surface area contributed by atoms with E-state index in [4.69, 9.17) is 0 Å². The molecule has 1 aliphatic heterocycles. The van der Waals surface area contributed by atoms with E-state index in [-0.39, 0.29) is 6.54 Å². The number of rotatable bonds is 5. The van der Waals surface area contributed by atoms with Gasteiger partial charge in [0.1, 0.15) is 0 Å². The monoisotopic (exact) mass is 427 g/mol. The molecule has 1 amide bonds. The molecule has 0 saturated carbocycles. The van der Waals surface area contributed by atoms with E-state index in [0.717, 1.165) is 16.8 Å². The maximum Gasteiger partial charge on any atom is 0.471 e. The van der Waals surface area contributed by atoms with Crippen LogP contribution in [0.25, 0.3) is 10.9 Å². The number of nitrogens with zero attached hydrogens (tertiary/aromatic N) is 3. The van der Waals surface area contributed by atoms with Crippen molar-refractivity contribution in [3.05, 3.63) is 78.0 Å². The predicted octanol–water partition coefficient (Wildman–Crippen LogP) is 4.79. The van der Waals surface area contributed by atoms with Crippen LogP contribution in [0.1, 0.15) is 24.0 Å². The van der Waals surface area contributed by atoms with Crippen LogP contribution in [0, 0.1) is 0 Å². The second kappa shape index (κ2) is 9.06. The van der Waals surface area contributed by atoms with Gasteiger partial charge in [-0.2, -0.15) is 13.2 Å². The van der Waals surface area contributed by atoms with Gasteiger partial charge in [-0.05, 0) is 36.1 Å². The number of para-hydroxylation sites is 1. The third-order valence-electron chi connectivity index (χ3n) is 5.83. The second-order valence-electron chi connectivity index (χ2n) is 7.91. The lowest BCUT2D eigenvalue weighted by molar-refractivity contribution is -0.189. The fourth-order valence-corrected chi connectivity index (χ4v) is 4.24. The summed E-state index contributed by atoms with van der Waals surface area (Å²) >= 11 is 0. The van der Waals surface area contributed by atoms with Crippen molar-refractivity contribution in [1.29, 1.82) is 0 Å². The number of amides is 1. The zero-order valence-electron chi connectivity index (χ0n) is 17.1. The molecule has 0 unspecified atom stereocenters. The molecule has 3 aromatic rings. The van der Waals surface area contributed by atoms with Gasteiger partial charge in [-0.15, -0.1) is 0 Å². The molecule has 0 atom stereocenters. The van der Waals surface area contributed by atoms with Gasteiger partial charge in [-0.3, -0.25) is 14.7 Å². The number of pyridine rings is 1. The van der Waals surface area contributed by atoms with Crippen LogP contribution in [0.2, 0.25) is 0 Å². The zero-order chi connectivity index (χ0) is 21.8. The Labute approximate surface area is 179 Å². The molecule has 1 aromatic heterocycles. The minimum Gasteiger partial charge on any atom is -0.327 e. The highest BCUT2D eigenvalue weighted by molar-refractivity contribution is 5.84. The maximum atomic E-state index is 13.4. The van der Waals surface area contributed by atoms with E-state index in [2.05, 4.69) is 9.88 Å². The number of benzene rings is 2. The summed E-state index contributed by atoms with van der Waals surface area (Å²) < 4.78 is 40.3. The predicted molar refractivity (Wildman–Crippen MR) is 113 cm³/mol. The average molecular weight is 427 g/mol. The van der Waals surface area contributed by atoms with E-state index < -0.39 is 18.1 Å². The van der Waals surface area contributed by atoms with Crippen molar-refractivity contribution >= 4 is 16.8 Å². The fourth-order valence-electron chi connectivity index (χ4n) is 4.24. The number of halogens is 3. The summed E-state index contributed by atoms with van der Waals surface area (Å²) in [6.07, 6.45) is -2.30. The molecule has 4 rings (SSSR count). The van der Waals surface area contributed by atoms with Crippen LogP contribution in [-0.4, -0.2) is 46.0 Å². The van der Waals surface area contributed by atoms with Crippen LogP contribution in [0.4, 0.5) is 13.2 Å². The summed E-state index contributed by atoms with van der Waals surface area (Å²) in [6, 6.07) is 18.5. The number of fused-ring (bicyclic) bond motifs is 1. The van der Waals surface area contributed by atoms with Gasteiger partial charge in [0, 0.05) is 43.8 Å². The molecular weight excluding hydrogens is 403 g/mol. The minimum atomic E-state index is -4.90. The van der Waals surface area contributed by atoms with Crippen LogP contribution in [0.15, 0.2) is 66.9 Å². The Kier molecular flexibility index (Phi) is 6.23. The number of hydrogen-bond acceptors (Lipinski definition) is 3. The van der Waals surface area contributed by atoms with Gasteiger partial charge < -0.3 is 4.90 Å². The summed E-state index contributed by atoms with van der Waals surface area (Å²) in [7, 11) is 0. The molecule has 31 heavy (non-hydrogen) atoms. The van der Waals surface area contributed by atoms with Crippen molar-refractivity contribution in [3.63, 3.8) is 0 Å². The van der Waals surface area contributed by atoms with Crippen molar-refractivity contribution in [2.75, 3.05) is 13.1 Å². The summed E-state index contributed by atoms with van der Waals surface area (Å²) in [5.74, 6) is -1.77. The van der Waals surface area contributed by atoms with Crippen molar-refractivity contribution in [3.8, 4) is 0 Å². The van der Waals surface area contributed by atoms with Crippen LogP contribution in [-0.2, 0) is 17.9 Å². The third kappa shape index (κ3) is 5.05. The smallest absolute Gasteiger partial charge is 0.327 e. The van der Waals surface area contributed by atoms with Crippen molar-refractivity contribution < 1.29 is 18.0 Å². The standard InChI is InChI=1S/C24H24F3N3O/c25-24(26,27)23(31)30(17-19-10-13-28-22-9-5-4-8-21(19)22)20-11-14-29(15-12-20)16-18-6-2-1-3-7-18/h1-10,13,20H,11-12,14-17H2. The maximum absolute atomic E-state index is 13.4. The SMILES string of the molecule is O=C(N(Cc1ccnc2ccccc12)C1CCN(Cc2ccccc2)CC1)C(F)(F)F. The first-order valence-corrected chi connectivity index (χ1v) is 10.4. The van der Waals surface area contributed by atoms with E-state index in [9.17, 15) is 18.0 Å². The Bertz CT molecular complexity index is 1030. The summed E-state index contributed by atoms with van der Waals surface area (Å²) in [5, 5.41) is 0.770. The number of carbonyl (C=O) groups excluding carboxylic acids is 1.